The van der Waals surface area contributed by atoms with Crippen LogP contribution in [0.5, 0.6) is 0 Å². The molecule has 0 aliphatic rings. The highest BCUT2D eigenvalue weighted by Gasteiger charge is 2.25. The van der Waals surface area contributed by atoms with Gasteiger partial charge in [-0.2, -0.15) is 5.10 Å². The van der Waals surface area contributed by atoms with Gasteiger partial charge in [0.15, 0.2) is 0 Å². The Kier molecular flexibility index (Phi) is 5.35. The highest BCUT2D eigenvalue weighted by atomic mass is 32.2. The van der Waals surface area contributed by atoms with Crippen LogP contribution in [0.3, 0.4) is 0 Å². The molecule has 1 aromatic heterocycles. The van der Waals surface area contributed by atoms with Crippen LogP contribution >= 0.6 is 0 Å². The molecule has 0 bridgehead atoms. The van der Waals surface area contributed by atoms with Crippen molar-refractivity contribution in [2.24, 2.45) is 7.05 Å². The third-order valence-electron chi connectivity index (χ3n) is 4.06. The van der Waals surface area contributed by atoms with E-state index in [4.69, 9.17) is 0 Å². The number of hydrogen-bond donors (Lipinski definition) is 1. The Morgan fingerprint density at radius 2 is 1.79 bits per heavy atom. The van der Waals surface area contributed by atoms with E-state index < -0.39 is 10.0 Å². The first-order valence-corrected chi connectivity index (χ1v) is 9.39. The van der Waals surface area contributed by atoms with Gasteiger partial charge < -0.3 is 4.90 Å². The topological polar surface area (TPSA) is 67.2 Å². The predicted octanol–water partition coefficient (Wildman–Crippen LogP) is 2.01. The van der Waals surface area contributed by atoms with E-state index in [9.17, 15) is 8.42 Å². The van der Waals surface area contributed by atoms with Gasteiger partial charge in [-0.15, -0.1) is 0 Å². The van der Waals surface area contributed by atoms with Crippen LogP contribution in [0.15, 0.2) is 29.2 Å². The van der Waals surface area contributed by atoms with E-state index in [1.807, 2.05) is 50.2 Å². The van der Waals surface area contributed by atoms with Gasteiger partial charge >= 0.3 is 0 Å². The quantitative estimate of drug-likeness (QED) is 0.865. The molecule has 1 heterocycles. The second-order valence-electron chi connectivity index (χ2n) is 6.41. The van der Waals surface area contributed by atoms with E-state index in [0.717, 1.165) is 11.3 Å². The van der Waals surface area contributed by atoms with Crippen molar-refractivity contribution >= 4 is 15.7 Å². The molecule has 0 amide bonds. The molecule has 24 heavy (non-hydrogen) atoms. The lowest BCUT2D eigenvalue weighted by atomic mass is 10.1. The minimum absolute atomic E-state index is 0.209. The molecule has 0 aliphatic heterocycles. The zero-order chi connectivity index (χ0) is 18.1. The number of nitrogens with zero attached hydrogens (tertiary/aromatic N) is 3. The second-order valence-corrected chi connectivity index (χ2v) is 8.06. The van der Waals surface area contributed by atoms with Crippen LogP contribution in [0.2, 0.25) is 0 Å². The summed E-state index contributed by atoms with van der Waals surface area (Å²) in [6.45, 7) is 5.35. The number of nitrogens with one attached hydrogen (secondary N) is 1. The summed E-state index contributed by atoms with van der Waals surface area (Å²) in [5.74, 6) is 0. The number of anilines is 1. The molecule has 1 N–H and O–H groups in total. The Hall–Kier alpha value is -1.86. The first-order valence-electron chi connectivity index (χ1n) is 7.90. The summed E-state index contributed by atoms with van der Waals surface area (Å²) in [5.41, 5.74) is 3.37. The van der Waals surface area contributed by atoms with Crippen molar-refractivity contribution < 1.29 is 8.42 Å². The number of aryl methyl sites for hydroxylation is 2. The first kappa shape index (κ1) is 18.5. The van der Waals surface area contributed by atoms with Crippen molar-refractivity contribution in [3.63, 3.8) is 0 Å². The number of sulfonamides is 1. The van der Waals surface area contributed by atoms with Crippen LogP contribution in [0.4, 0.5) is 5.69 Å². The average Bonchev–Trinajstić information content (AvgIpc) is 2.72. The summed E-state index contributed by atoms with van der Waals surface area (Å²) in [6, 6.07) is 7.92. The number of hydrogen-bond acceptors (Lipinski definition) is 4. The molecular weight excluding hydrogens is 324 g/mol. The van der Waals surface area contributed by atoms with Crippen molar-refractivity contribution in [3.05, 3.63) is 41.2 Å². The molecule has 1 atom stereocenters. The number of aromatic nitrogens is 2. The van der Waals surface area contributed by atoms with Gasteiger partial charge in [-0.1, -0.05) is 12.1 Å². The molecule has 1 unspecified atom stereocenters. The van der Waals surface area contributed by atoms with Gasteiger partial charge in [0.25, 0.3) is 0 Å². The van der Waals surface area contributed by atoms with Crippen LogP contribution in [-0.2, 0) is 23.5 Å². The van der Waals surface area contributed by atoms with Crippen LogP contribution < -0.4 is 9.62 Å². The zero-order valence-electron chi connectivity index (χ0n) is 15.2. The Morgan fingerprint density at radius 1 is 1.21 bits per heavy atom. The van der Waals surface area contributed by atoms with Gasteiger partial charge in [-0.05, 0) is 44.9 Å². The molecule has 6 nitrogen and oxygen atoms in total. The van der Waals surface area contributed by atoms with E-state index in [2.05, 4.69) is 9.82 Å². The van der Waals surface area contributed by atoms with E-state index >= 15 is 0 Å². The fraction of sp³-hybridized carbons (Fsp3) is 0.471. The first-order chi connectivity index (χ1) is 11.1. The molecular formula is C17H26N4O2S. The van der Waals surface area contributed by atoms with Crippen LogP contribution in [0.1, 0.15) is 23.9 Å². The fourth-order valence-electron chi connectivity index (χ4n) is 2.79. The predicted molar refractivity (Wildman–Crippen MR) is 96.9 cm³/mol. The van der Waals surface area contributed by atoms with E-state index in [1.54, 1.807) is 25.6 Å². The van der Waals surface area contributed by atoms with Gasteiger partial charge in [0.05, 0.1) is 11.4 Å². The molecule has 2 rings (SSSR count). The van der Waals surface area contributed by atoms with E-state index in [-0.39, 0.29) is 10.9 Å². The summed E-state index contributed by atoms with van der Waals surface area (Å²) in [5, 5.41) is 4.19. The normalized spacial score (nSPS) is 13.1. The maximum absolute atomic E-state index is 12.7. The summed E-state index contributed by atoms with van der Waals surface area (Å²) >= 11 is 0. The standard InChI is InChI=1S/C17H26N4O2S/c1-12(11-15-7-9-16(10-8-15)20(4)5)19-24(22,23)17-13(2)18-21(6)14(17)3/h7-10,12,19H,11H2,1-6H3. The maximum Gasteiger partial charge on any atom is 0.244 e. The van der Waals surface area contributed by atoms with Crippen molar-refractivity contribution in [2.45, 2.75) is 38.1 Å². The van der Waals surface area contributed by atoms with Gasteiger partial charge in [-0.3, -0.25) is 4.68 Å². The molecule has 0 saturated carbocycles. The minimum Gasteiger partial charge on any atom is -0.378 e. The number of benzene rings is 1. The van der Waals surface area contributed by atoms with Crippen molar-refractivity contribution in [1.29, 1.82) is 0 Å². The van der Waals surface area contributed by atoms with Crippen LogP contribution in [0.25, 0.3) is 0 Å². The van der Waals surface area contributed by atoms with Crippen LogP contribution in [-0.4, -0.2) is 38.3 Å². The van der Waals surface area contributed by atoms with Crippen molar-refractivity contribution in [2.75, 3.05) is 19.0 Å². The van der Waals surface area contributed by atoms with E-state index in [0.29, 0.717) is 17.8 Å². The fourth-order valence-corrected chi connectivity index (χ4v) is 4.47. The van der Waals surface area contributed by atoms with Crippen molar-refractivity contribution in [1.82, 2.24) is 14.5 Å². The average molecular weight is 350 g/mol. The molecule has 0 saturated heterocycles. The molecule has 0 aliphatic carbocycles. The molecule has 132 valence electrons. The zero-order valence-corrected chi connectivity index (χ0v) is 16.0. The Balaban J connectivity index is 2.12. The summed E-state index contributed by atoms with van der Waals surface area (Å²) in [4.78, 5) is 2.31. The van der Waals surface area contributed by atoms with Gasteiger partial charge in [0, 0.05) is 32.9 Å². The largest absolute Gasteiger partial charge is 0.378 e. The van der Waals surface area contributed by atoms with E-state index in [1.165, 1.54) is 0 Å². The third kappa shape index (κ3) is 3.96. The monoisotopic (exact) mass is 350 g/mol. The van der Waals surface area contributed by atoms with Crippen molar-refractivity contribution in [3.8, 4) is 0 Å². The number of rotatable bonds is 6. The summed E-state index contributed by atoms with van der Waals surface area (Å²) in [7, 11) is 2.14. The molecule has 1 aromatic carbocycles. The highest BCUT2D eigenvalue weighted by molar-refractivity contribution is 7.89. The van der Waals surface area contributed by atoms with Gasteiger partial charge in [0.2, 0.25) is 10.0 Å². The SMILES string of the molecule is Cc1nn(C)c(C)c1S(=O)(=O)NC(C)Cc1ccc(N(C)C)cc1. The Labute approximate surface area is 144 Å². The lowest BCUT2D eigenvalue weighted by Crippen LogP contribution is -2.34. The molecule has 7 heteroatoms. The van der Waals surface area contributed by atoms with Gasteiger partial charge in [0.1, 0.15) is 4.90 Å². The molecule has 0 spiro atoms. The third-order valence-corrected chi connectivity index (χ3v) is 5.90. The molecule has 2 aromatic rings. The maximum atomic E-state index is 12.7. The summed E-state index contributed by atoms with van der Waals surface area (Å²) in [6.07, 6.45) is 0.630. The smallest absolute Gasteiger partial charge is 0.244 e. The minimum atomic E-state index is -3.58. The Morgan fingerprint density at radius 3 is 2.25 bits per heavy atom. The highest BCUT2D eigenvalue weighted by Crippen LogP contribution is 2.19. The molecule has 0 fully saturated rings. The Bertz CT molecular complexity index is 808. The van der Waals surface area contributed by atoms with Gasteiger partial charge in [-0.25, -0.2) is 13.1 Å². The van der Waals surface area contributed by atoms with Crippen LogP contribution in [0, 0.1) is 13.8 Å². The second kappa shape index (κ2) is 6.94. The molecule has 0 radical (unpaired) electrons. The summed E-state index contributed by atoms with van der Waals surface area (Å²) < 4.78 is 29.7. The lowest BCUT2D eigenvalue weighted by Gasteiger charge is -2.16. The lowest BCUT2D eigenvalue weighted by molar-refractivity contribution is 0.558.